The average Bonchev–Trinajstić information content (AvgIpc) is 3.14. The highest BCUT2D eigenvalue weighted by atomic mass is 35.5. The van der Waals surface area contributed by atoms with Gasteiger partial charge in [0.15, 0.2) is 0 Å². The van der Waals surface area contributed by atoms with Gasteiger partial charge >= 0.3 is 12.5 Å². The molecular weight excluding hydrogens is 515 g/mol. The molecule has 0 saturated carbocycles. The van der Waals surface area contributed by atoms with E-state index in [0.717, 1.165) is 17.3 Å². The molecule has 1 saturated heterocycles. The normalized spacial score (nSPS) is 17.8. The number of hydrogen-bond donors (Lipinski definition) is 0. The predicted octanol–water partition coefficient (Wildman–Crippen LogP) is 8.26. The van der Waals surface area contributed by atoms with Crippen LogP contribution >= 0.6 is 11.6 Å². The minimum absolute atomic E-state index is 0.0498. The third kappa shape index (κ3) is 7.13. The van der Waals surface area contributed by atoms with Gasteiger partial charge < -0.3 is 4.90 Å². The molecule has 4 nitrogen and oxygen atoms in total. The lowest BCUT2D eigenvalue weighted by Gasteiger charge is -2.27. The number of aromatic nitrogens is 1. The number of rotatable bonds is 5. The Morgan fingerprint density at radius 3 is 2.16 bits per heavy atom. The smallest absolute Gasteiger partial charge is 0.305 e. The molecule has 2 heterocycles. The van der Waals surface area contributed by atoms with Gasteiger partial charge in [0.25, 0.3) is 0 Å². The first-order valence-electron chi connectivity index (χ1n) is 11.3. The molecule has 3 aromatic rings. The molecule has 0 unspecified atom stereocenters. The van der Waals surface area contributed by atoms with Crippen LogP contribution in [0.2, 0.25) is 5.02 Å². The summed E-state index contributed by atoms with van der Waals surface area (Å²) in [6.45, 7) is 3.67. The number of hydrogen-bond acceptors (Lipinski definition) is 3. The van der Waals surface area contributed by atoms with Crippen LogP contribution in [0.3, 0.4) is 0 Å². The Hall–Kier alpha value is -3.33. The molecule has 1 amide bonds. The topological polar surface area (TPSA) is 50.3 Å². The maximum atomic E-state index is 13.6. The molecule has 2 aromatic carbocycles. The fourth-order valence-electron chi connectivity index (χ4n) is 4.58. The number of halogens is 6. The zero-order valence-electron chi connectivity index (χ0n) is 20.0. The number of alkyl halides is 3. The van der Waals surface area contributed by atoms with Crippen molar-refractivity contribution in [2.45, 2.75) is 44.3 Å². The van der Waals surface area contributed by atoms with Gasteiger partial charge in [0.1, 0.15) is 5.69 Å². The van der Waals surface area contributed by atoms with Crippen molar-refractivity contribution in [3.05, 3.63) is 94.8 Å². The van der Waals surface area contributed by atoms with Gasteiger partial charge in [0, 0.05) is 27.7 Å². The minimum atomic E-state index is -4.52. The van der Waals surface area contributed by atoms with Gasteiger partial charge in [-0.2, -0.15) is 13.2 Å². The van der Waals surface area contributed by atoms with Gasteiger partial charge in [-0.3, -0.25) is 4.79 Å². The zero-order valence-corrected chi connectivity index (χ0v) is 20.7. The van der Waals surface area contributed by atoms with Crippen molar-refractivity contribution in [2.24, 2.45) is 5.92 Å². The summed E-state index contributed by atoms with van der Waals surface area (Å²) in [5, 5.41) is 0.588. The zero-order chi connectivity index (χ0) is 27.4. The molecule has 0 radical (unpaired) electrons. The Bertz CT molecular complexity index is 1250. The monoisotopic (exact) mass is 538 g/mol. The van der Waals surface area contributed by atoms with E-state index < -0.39 is 23.6 Å². The molecule has 0 aliphatic carbocycles. The Morgan fingerprint density at radius 1 is 0.973 bits per heavy atom. The first-order valence-corrected chi connectivity index (χ1v) is 11.7. The van der Waals surface area contributed by atoms with Crippen LogP contribution in [-0.2, 0) is 16.4 Å². The average molecular weight is 539 g/mol. The number of pyridine rings is 1. The number of benzene rings is 2. The van der Waals surface area contributed by atoms with Crippen LogP contribution in [0.15, 0.2) is 72.8 Å². The van der Waals surface area contributed by atoms with E-state index in [0.29, 0.717) is 23.6 Å². The summed E-state index contributed by atoms with van der Waals surface area (Å²) >= 11 is 6.22. The molecule has 10 heteroatoms. The molecule has 37 heavy (non-hydrogen) atoms. The predicted molar refractivity (Wildman–Crippen MR) is 131 cm³/mol. The number of amides is 1. The van der Waals surface area contributed by atoms with Crippen LogP contribution in [0.5, 0.6) is 0 Å². The summed E-state index contributed by atoms with van der Waals surface area (Å²) in [6, 6.07) is 20.6. The fraction of sp³-hybridized carbons (Fsp3) is 0.296. The van der Waals surface area contributed by atoms with E-state index in [4.69, 9.17) is 16.4 Å². The molecule has 1 aliphatic rings. The van der Waals surface area contributed by atoms with Gasteiger partial charge in [0.05, 0.1) is 6.04 Å². The van der Waals surface area contributed by atoms with Gasteiger partial charge in [-0.25, -0.2) is 9.78 Å². The lowest BCUT2D eigenvalue weighted by molar-refractivity contribution is -0.141. The van der Waals surface area contributed by atoms with Crippen molar-refractivity contribution < 1.29 is 31.5 Å². The summed E-state index contributed by atoms with van der Waals surface area (Å²) in [5.74, 6) is -0.424. The number of nitrogens with zero attached hydrogens (tertiary/aromatic N) is 2. The van der Waals surface area contributed by atoms with Gasteiger partial charge in [-0.05, 0) is 54.8 Å². The molecule has 1 aliphatic heterocycles. The quantitative estimate of drug-likeness (QED) is 0.243. The largest absolute Gasteiger partial charge is 0.483 e. The van der Waals surface area contributed by atoms with Crippen LogP contribution in [-0.4, -0.2) is 17.2 Å². The van der Waals surface area contributed by atoms with E-state index in [1.54, 1.807) is 17.0 Å². The highest BCUT2D eigenvalue weighted by molar-refractivity contribution is 6.30. The third-order valence-electron chi connectivity index (χ3n) is 6.16. The number of carbonyl (C=O) groups excluding carboxylic acids is 2. The number of carbonyl (C=O) groups is 2. The molecular formula is C27H24ClF5N2O2. The van der Waals surface area contributed by atoms with Crippen LogP contribution in [0, 0.1) is 5.92 Å². The maximum absolute atomic E-state index is 13.6. The minimum Gasteiger partial charge on any atom is -0.305 e. The second kappa shape index (κ2) is 11.4. The summed E-state index contributed by atoms with van der Waals surface area (Å²) in [7, 11) is 0. The van der Waals surface area contributed by atoms with Crippen molar-refractivity contribution in [1.29, 1.82) is 0 Å². The molecule has 0 bridgehead atoms. The van der Waals surface area contributed by atoms with Crippen LogP contribution in [0.1, 0.15) is 49.7 Å². The second-order valence-electron chi connectivity index (χ2n) is 9.27. The van der Waals surface area contributed by atoms with Crippen molar-refractivity contribution in [3.63, 3.8) is 0 Å². The number of anilines is 1. The molecule has 0 N–H and O–H groups in total. The molecule has 4 rings (SSSR count). The SMILES string of the molecule is CC(C)(C[C@@H]1C[C@H](c2cccc(Cl)c2)N(c2ccccc2)C1=O)c1cccc(C(F)(F)F)n1.O=C(F)F. The van der Waals surface area contributed by atoms with Crippen molar-refractivity contribution in [3.8, 4) is 0 Å². The molecule has 196 valence electrons. The van der Waals surface area contributed by atoms with E-state index in [2.05, 4.69) is 4.98 Å². The van der Waals surface area contributed by atoms with Gasteiger partial charge in [-0.15, -0.1) is 8.78 Å². The third-order valence-corrected chi connectivity index (χ3v) is 6.40. The molecule has 0 spiro atoms. The number of para-hydroxylation sites is 1. The van der Waals surface area contributed by atoms with E-state index in [9.17, 15) is 26.7 Å². The summed E-state index contributed by atoms with van der Waals surface area (Å²) < 4.78 is 59.0. The van der Waals surface area contributed by atoms with Crippen LogP contribution in [0.4, 0.5) is 32.4 Å². The van der Waals surface area contributed by atoms with E-state index in [1.165, 1.54) is 6.07 Å². The standard InChI is InChI=1S/C26H24ClF3N2O.CF2O/c1-25(2,22-12-7-13-23(31-22)26(28,29)30)16-18-15-21(17-8-6-9-19(27)14-17)32(24(18)33)20-10-4-3-5-11-20;2-1(3)4/h3-14,18,21H,15-16H2,1-2H3;/t18-,21+;/m0./s1. The summed E-state index contributed by atoms with van der Waals surface area (Å²) in [4.78, 5) is 27.4. The summed E-state index contributed by atoms with van der Waals surface area (Å²) in [5.41, 5.74) is 0.381. The van der Waals surface area contributed by atoms with Crippen LogP contribution < -0.4 is 4.90 Å². The highest BCUT2D eigenvalue weighted by Crippen LogP contribution is 2.45. The molecule has 1 fully saturated rings. The molecule has 1 aromatic heterocycles. The Morgan fingerprint density at radius 2 is 1.57 bits per heavy atom. The Kier molecular flexibility index (Phi) is 8.68. The first kappa shape index (κ1) is 28.2. The lowest BCUT2D eigenvalue weighted by atomic mass is 9.78. The molecule has 2 atom stereocenters. The Balaban J connectivity index is 0.000000886. The maximum Gasteiger partial charge on any atom is 0.483 e. The highest BCUT2D eigenvalue weighted by Gasteiger charge is 2.44. The van der Waals surface area contributed by atoms with E-state index in [1.807, 2.05) is 62.4 Å². The summed E-state index contributed by atoms with van der Waals surface area (Å²) in [6.07, 6.45) is -6.44. The second-order valence-corrected chi connectivity index (χ2v) is 9.70. The van der Waals surface area contributed by atoms with Crippen molar-refractivity contribution in [1.82, 2.24) is 4.98 Å². The first-order chi connectivity index (χ1) is 17.3. The van der Waals surface area contributed by atoms with Crippen molar-refractivity contribution >= 4 is 29.5 Å². The fourth-order valence-corrected chi connectivity index (χ4v) is 4.78. The van der Waals surface area contributed by atoms with Gasteiger partial charge in [0.2, 0.25) is 5.91 Å². The van der Waals surface area contributed by atoms with E-state index in [-0.39, 0.29) is 17.9 Å². The Labute approximate surface area is 216 Å². The van der Waals surface area contributed by atoms with E-state index >= 15 is 0 Å². The lowest BCUT2D eigenvalue weighted by Crippen LogP contribution is -2.32. The van der Waals surface area contributed by atoms with Gasteiger partial charge in [-0.1, -0.05) is 61.8 Å². The van der Waals surface area contributed by atoms with Crippen molar-refractivity contribution in [2.75, 3.05) is 4.90 Å². The van der Waals surface area contributed by atoms with Crippen LogP contribution in [0.25, 0.3) is 0 Å².